The third kappa shape index (κ3) is 10.4. The summed E-state index contributed by atoms with van der Waals surface area (Å²) in [6, 6.07) is 11.2. The number of ether oxygens (including phenoxy) is 1. The van der Waals surface area contributed by atoms with Crippen LogP contribution in [0.4, 0.5) is 15.0 Å². The Labute approximate surface area is 243 Å². The van der Waals surface area contributed by atoms with Gasteiger partial charge in [-0.3, -0.25) is 19.6 Å². The molecule has 3 rings (SSSR count). The van der Waals surface area contributed by atoms with E-state index in [1.54, 1.807) is 24.3 Å². The van der Waals surface area contributed by atoms with Gasteiger partial charge in [-0.15, -0.1) is 0 Å². The molecule has 0 aliphatic heterocycles. The van der Waals surface area contributed by atoms with E-state index in [2.05, 4.69) is 20.4 Å². The van der Waals surface area contributed by atoms with E-state index in [-0.39, 0.29) is 23.8 Å². The Morgan fingerprint density at radius 1 is 1.17 bits per heavy atom. The maximum absolute atomic E-state index is 13.8. The van der Waals surface area contributed by atoms with Crippen LogP contribution in [-0.2, 0) is 25.2 Å². The molecule has 0 bridgehead atoms. The van der Waals surface area contributed by atoms with E-state index in [1.165, 1.54) is 25.1 Å². The van der Waals surface area contributed by atoms with Crippen LogP contribution in [0.5, 0.6) is 0 Å². The SMILES string of the molecule is CC(=O)N(NCc1cccc(F)c1Cl)[C@H](COC(=O)Nc1cc(-c2cccc(Cl)c2)on1)C[C@@H](O)COP(=O)(O)O. The molecule has 0 aliphatic carbocycles. The van der Waals surface area contributed by atoms with Gasteiger partial charge >= 0.3 is 13.9 Å². The maximum atomic E-state index is 13.8. The summed E-state index contributed by atoms with van der Waals surface area (Å²) in [7, 11) is -4.89. The number of carbonyl (C=O) groups is 2. The first kappa shape index (κ1) is 32.4. The summed E-state index contributed by atoms with van der Waals surface area (Å²) in [5.74, 6) is -0.929. The van der Waals surface area contributed by atoms with E-state index in [0.29, 0.717) is 21.9 Å². The van der Waals surface area contributed by atoms with Crippen LogP contribution in [0.1, 0.15) is 18.9 Å². The quantitative estimate of drug-likeness (QED) is 0.135. The van der Waals surface area contributed by atoms with Crippen LogP contribution in [-0.4, -0.2) is 62.4 Å². The summed E-state index contributed by atoms with van der Waals surface area (Å²) >= 11 is 12.0. The summed E-state index contributed by atoms with van der Waals surface area (Å²) in [5, 5.41) is 17.7. The van der Waals surface area contributed by atoms with Crippen molar-refractivity contribution in [1.82, 2.24) is 15.6 Å². The number of nitrogens with one attached hydrogen (secondary N) is 2. The minimum atomic E-state index is -4.89. The molecule has 2 amide bonds. The molecule has 0 spiro atoms. The molecule has 222 valence electrons. The molecule has 3 aromatic rings. The van der Waals surface area contributed by atoms with Crippen LogP contribution in [0, 0.1) is 5.82 Å². The summed E-state index contributed by atoms with van der Waals surface area (Å²) in [6.45, 7) is -0.224. The van der Waals surface area contributed by atoms with E-state index >= 15 is 0 Å². The predicted octanol–water partition coefficient (Wildman–Crippen LogP) is 4.12. The Bertz CT molecular complexity index is 1410. The van der Waals surface area contributed by atoms with Crippen LogP contribution in [0.15, 0.2) is 53.1 Å². The lowest BCUT2D eigenvalue weighted by Crippen LogP contribution is -2.52. The summed E-state index contributed by atoms with van der Waals surface area (Å²) < 4.78 is 39.6. The summed E-state index contributed by atoms with van der Waals surface area (Å²) in [4.78, 5) is 42.8. The zero-order valence-electron chi connectivity index (χ0n) is 21.4. The highest BCUT2D eigenvalue weighted by Crippen LogP contribution is 2.36. The van der Waals surface area contributed by atoms with Gasteiger partial charge in [-0.2, -0.15) is 0 Å². The van der Waals surface area contributed by atoms with Crippen molar-refractivity contribution in [2.45, 2.75) is 32.0 Å². The Morgan fingerprint density at radius 2 is 1.90 bits per heavy atom. The van der Waals surface area contributed by atoms with E-state index < -0.39 is 51.0 Å². The number of nitrogens with zero attached hydrogens (tertiary/aromatic N) is 2. The second kappa shape index (κ2) is 14.7. The molecule has 0 unspecified atom stereocenters. The number of halogens is 3. The molecule has 1 aromatic heterocycles. The maximum Gasteiger partial charge on any atom is 0.469 e. The van der Waals surface area contributed by atoms with Gasteiger partial charge in [0.05, 0.1) is 23.8 Å². The van der Waals surface area contributed by atoms with Crippen molar-refractivity contribution in [2.75, 3.05) is 18.5 Å². The standard InChI is InChI=1S/C24H26Cl2FN4O9P/c1-14(32)31(28-11-16-5-3-7-20(27)23(16)26)18(9-19(33)13-39-41(35,36)37)12-38-24(34)29-22-10-21(40-30-22)15-4-2-6-17(25)8-15/h2-8,10,18-19,28,33H,9,11-13H2,1H3,(H,29,30,34)(H2,35,36,37)/t18-,19+/m0/s1. The van der Waals surface area contributed by atoms with E-state index in [9.17, 15) is 23.7 Å². The van der Waals surface area contributed by atoms with Crippen molar-refractivity contribution in [3.05, 3.63) is 70.0 Å². The third-order valence-corrected chi connectivity index (χ3v) is 6.56. The van der Waals surface area contributed by atoms with Gasteiger partial charge in [0.2, 0.25) is 5.91 Å². The number of hydrogen-bond donors (Lipinski definition) is 5. The summed E-state index contributed by atoms with van der Waals surface area (Å²) in [5.41, 5.74) is 3.68. The fourth-order valence-corrected chi connectivity index (χ4v) is 4.34. The minimum absolute atomic E-state index is 0.0129. The number of carbonyl (C=O) groups excluding carboxylic acids is 2. The molecule has 41 heavy (non-hydrogen) atoms. The number of aromatic nitrogens is 1. The predicted molar refractivity (Wildman–Crippen MR) is 145 cm³/mol. The molecule has 13 nitrogen and oxygen atoms in total. The molecular formula is C24H26Cl2FN4O9P. The van der Waals surface area contributed by atoms with E-state index in [1.807, 2.05) is 0 Å². The van der Waals surface area contributed by atoms with Crippen LogP contribution < -0.4 is 10.7 Å². The number of amides is 2. The first-order valence-electron chi connectivity index (χ1n) is 11.8. The number of anilines is 1. The molecule has 17 heteroatoms. The number of phosphoric acid groups is 1. The molecule has 0 aliphatic rings. The lowest BCUT2D eigenvalue weighted by atomic mass is 10.1. The molecule has 0 radical (unpaired) electrons. The third-order valence-electron chi connectivity index (χ3n) is 5.41. The average molecular weight is 635 g/mol. The summed E-state index contributed by atoms with van der Waals surface area (Å²) in [6.07, 6.45) is -2.82. The smallest absolute Gasteiger partial charge is 0.447 e. The van der Waals surface area contributed by atoms with Gasteiger partial charge < -0.3 is 24.2 Å². The Hall–Kier alpha value is -3.07. The zero-order chi connectivity index (χ0) is 30.2. The van der Waals surface area contributed by atoms with Crippen molar-refractivity contribution in [2.24, 2.45) is 0 Å². The molecule has 5 N–H and O–H groups in total. The highest BCUT2D eigenvalue weighted by atomic mass is 35.5. The number of aliphatic hydroxyl groups excluding tert-OH is 1. The first-order chi connectivity index (χ1) is 19.3. The lowest BCUT2D eigenvalue weighted by molar-refractivity contribution is -0.137. The van der Waals surface area contributed by atoms with Crippen molar-refractivity contribution in [3.63, 3.8) is 0 Å². The topological polar surface area (TPSA) is 184 Å². The van der Waals surface area contributed by atoms with Gasteiger partial charge in [-0.25, -0.2) is 19.2 Å². The van der Waals surface area contributed by atoms with Gasteiger partial charge in [0.15, 0.2) is 11.6 Å². The molecule has 0 saturated carbocycles. The Kier molecular flexibility index (Phi) is 11.6. The lowest BCUT2D eigenvalue weighted by Gasteiger charge is -2.32. The minimum Gasteiger partial charge on any atom is -0.447 e. The normalized spacial score (nSPS) is 13.0. The Balaban J connectivity index is 1.69. The molecule has 2 aromatic carbocycles. The van der Waals surface area contributed by atoms with Gasteiger partial charge in [0.1, 0.15) is 12.4 Å². The van der Waals surface area contributed by atoms with Gasteiger partial charge in [-0.1, -0.05) is 52.6 Å². The average Bonchev–Trinajstić information content (AvgIpc) is 3.36. The Morgan fingerprint density at radius 3 is 2.59 bits per heavy atom. The number of rotatable bonds is 13. The highest BCUT2D eigenvalue weighted by Gasteiger charge is 2.28. The van der Waals surface area contributed by atoms with Crippen LogP contribution in [0.25, 0.3) is 11.3 Å². The second-order valence-electron chi connectivity index (χ2n) is 8.58. The van der Waals surface area contributed by atoms with Crippen LogP contribution in [0.2, 0.25) is 10.0 Å². The van der Waals surface area contributed by atoms with Crippen LogP contribution in [0.3, 0.4) is 0 Å². The molecule has 1 heterocycles. The van der Waals surface area contributed by atoms with Gasteiger partial charge in [0, 0.05) is 36.5 Å². The van der Waals surface area contributed by atoms with Gasteiger partial charge in [0.25, 0.3) is 0 Å². The number of hydrazine groups is 1. The van der Waals surface area contributed by atoms with E-state index in [0.717, 1.165) is 11.1 Å². The van der Waals surface area contributed by atoms with E-state index in [4.69, 9.17) is 42.2 Å². The molecule has 0 fully saturated rings. The highest BCUT2D eigenvalue weighted by molar-refractivity contribution is 7.46. The van der Waals surface area contributed by atoms with Crippen molar-refractivity contribution >= 4 is 48.8 Å². The number of phosphoric ester groups is 1. The fraction of sp³-hybridized carbons (Fsp3) is 0.292. The monoisotopic (exact) mass is 634 g/mol. The second-order valence-corrected chi connectivity index (χ2v) is 10.6. The van der Waals surface area contributed by atoms with Gasteiger partial charge in [-0.05, 0) is 23.8 Å². The number of benzene rings is 2. The largest absolute Gasteiger partial charge is 0.469 e. The van der Waals surface area contributed by atoms with Crippen LogP contribution >= 0.6 is 31.0 Å². The van der Waals surface area contributed by atoms with Crippen molar-refractivity contribution < 1.29 is 47.2 Å². The van der Waals surface area contributed by atoms with Crippen molar-refractivity contribution in [1.29, 1.82) is 0 Å². The first-order valence-corrected chi connectivity index (χ1v) is 14.1. The molecule has 0 saturated heterocycles. The fourth-order valence-electron chi connectivity index (χ4n) is 3.59. The van der Waals surface area contributed by atoms with Crippen molar-refractivity contribution in [3.8, 4) is 11.3 Å². The molecular weight excluding hydrogens is 609 g/mol. The number of hydrogen-bond acceptors (Lipinski definition) is 9. The molecule has 2 atom stereocenters. The number of aliphatic hydroxyl groups is 1. The zero-order valence-corrected chi connectivity index (χ0v) is 23.8.